The van der Waals surface area contributed by atoms with E-state index in [4.69, 9.17) is 4.74 Å². The molecule has 1 heterocycles. The minimum absolute atomic E-state index is 0.0828. The van der Waals surface area contributed by atoms with Crippen LogP contribution in [0.25, 0.3) is 10.4 Å². The average Bonchev–Trinajstić information content (AvgIpc) is 3.24. The van der Waals surface area contributed by atoms with Gasteiger partial charge >= 0.3 is 0 Å². The highest BCUT2D eigenvalue weighted by molar-refractivity contribution is 7.17. The number of methoxy groups -OCH3 is 1. The first-order valence-corrected chi connectivity index (χ1v) is 9.62. The van der Waals surface area contributed by atoms with Crippen LogP contribution in [0.4, 0.5) is 11.4 Å². The van der Waals surface area contributed by atoms with E-state index in [0.717, 1.165) is 11.2 Å². The number of nitrogens with one attached hydrogen (secondary N) is 1. The van der Waals surface area contributed by atoms with Gasteiger partial charge in [0.05, 0.1) is 16.9 Å². The number of nitrogens with zero attached hydrogens (tertiary/aromatic N) is 1. The minimum atomic E-state index is -0.557. The second-order valence-electron chi connectivity index (χ2n) is 5.49. The number of ether oxygens (including phenoxy) is 1. The molecule has 7 nitrogen and oxygen atoms in total. The Bertz CT molecular complexity index is 1010. The maximum atomic E-state index is 12.5. The van der Waals surface area contributed by atoms with Crippen molar-refractivity contribution in [2.45, 2.75) is 13.8 Å². The Morgan fingerprint density at radius 2 is 1.79 bits per heavy atom. The number of thiophene rings is 1. The molecule has 0 aliphatic heterocycles. The van der Waals surface area contributed by atoms with E-state index in [0.29, 0.717) is 21.8 Å². The Morgan fingerprint density at radius 1 is 1.10 bits per heavy atom. The fourth-order valence-corrected chi connectivity index (χ4v) is 3.28. The molecule has 3 rings (SSSR count). The predicted octanol–water partition coefficient (Wildman–Crippen LogP) is 5.42. The van der Waals surface area contributed by atoms with Gasteiger partial charge < -0.3 is 10.1 Å². The van der Waals surface area contributed by atoms with Gasteiger partial charge in [-0.1, -0.05) is 13.8 Å². The van der Waals surface area contributed by atoms with E-state index in [-0.39, 0.29) is 11.4 Å². The highest BCUT2D eigenvalue weighted by Gasteiger charge is 2.18. The zero-order valence-corrected chi connectivity index (χ0v) is 17.0. The molecule has 0 spiro atoms. The van der Waals surface area contributed by atoms with Gasteiger partial charge in [-0.15, -0.1) is 11.3 Å². The van der Waals surface area contributed by atoms with E-state index < -0.39 is 10.8 Å². The largest absolute Gasteiger partial charge is 0.497 e. The van der Waals surface area contributed by atoms with Crippen LogP contribution in [-0.2, 0) is 0 Å². The first-order chi connectivity index (χ1) is 14.0. The summed E-state index contributed by atoms with van der Waals surface area (Å²) in [6.45, 7) is 4.00. The third-order valence-corrected chi connectivity index (χ3v) is 4.88. The van der Waals surface area contributed by atoms with Crippen LogP contribution in [0.3, 0.4) is 0 Å². The topological polar surface area (TPSA) is 98.5 Å². The van der Waals surface area contributed by atoms with Crippen molar-refractivity contribution >= 4 is 34.9 Å². The summed E-state index contributed by atoms with van der Waals surface area (Å²) in [6.07, 6.45) is 0.742. The first-order valence-electron chi connectivity index (χ1n) is 8.81. The van der Waals surface area contributed by atoms with Crippen molar-refractivity contribution in [3.05, 3.63) is 75.2 Å². The van der Waals surface area contributed by atoms with Crippen LogP contribution in [0.5, 0.6) is 5.75 Å². The summed E-state index contributed by atoms with van der Waals surface area (Å²) in [5.74, 6) is 0.126. The number of nitro benzene ring substituents is 1. The van der Waals surface area contributed by atoms with E-state index in [1.54, 1.807) is 42.5 Å². The molecule has 1 aromatic heterocycles. The number of hydrogen-bond acceptors (Lipinski definition) is 6. The fourth-order valence-electron chi connectivity index (χ4n) is 2.46. The van der Waals surface area contributed by atoms with E-state index in [1.165, 1.54) is 30.6 Å². The maximum Gasteiger partial charge on any atom is 0.292 e. The van der Waals surface area contributed by atoms with Crippen LogP contribution in [0.2, 0.25) is 0 Å². The second-order valence-corrected chi connectivity index (χ2v) is 6.61. The number of benzene rings is 2. The molecule has 0 bridgehead atoms. The fraction of sp³-hybridized carbons (Fsp3) is 0.143. The molecule has 0 aliphatic rings. The molecule has 1 amide bonds. The zero-order chi connectivity index (χ0) is 21.4. The van der Waals surface area contributed by atoms with Crippen LogP contribution in [0, 0.1) is 10.1 Å². The number of carbonyl (C=O) groups is 2. The minimum Gasteiger partial charge on any atom is -0.497 e. The summed E-state index contributed by atoms with van der Waals surface area (Å²) in [7, 11) is 1.52. The highest BCUT2D eigenvalue weighted by atomic mass is 32.1. The molecule has 8 heteroatoms. The average molecular weight is 412 g/mol. The Balaban J connectivity index is 0.00000145. The summed E-state index contributed by atoms with van der Waals surface area (Å²) in [5.41, 5.74) is 0.880. The molecule has 0 fully saturated rings. The van der Waals surface area contributed by atoms with Gasteiger partial charge in [-0.2, -0.15) is 0 Å². The molecular weight excluding hydrogens is 392 g/mol. The molecule has 1 N–H and O–H groups in total. The van der Waals surface area contributed by atoms with E-state index in [1.807, 2.05) is 13.8 Å². The number of rotatable bonds is 6. The van der Waals surface area contributed by atoms with Gasteiger partial charge in [0.2, 0.25) is 0 Å². The Morgan fingerprint density at radius 3 is 2.34 bits per heavy atom. The molecule has 150 valence electrons. The smallest absolute Gasteiger partial charge is 0.292 e. The number of nitro groups is 1. The Kier molecular flexibility index (Phi) is 7.62. The van der Waals surface area contributed by atoms with Gasteiger partial charge in [-0.25, -0.2) is 0 Å². The van der Waals surface area contributed by atoms with Gasteiger partial charge in [-0.3, -0.25) is 19.7 Å². The van der Waals surface area contributed by atoms with Crippen LogP contribution in [0.1, 0.15) is 33.9 Å². The molecule has 2 aromatic carbocycles. The summed E-state index contributed by atoms with van der Waals surface area (Å²) < 4.78 is 5.05. The Labute approximate surface area is 172 Å². The molecule has 29 heavy (non-hydrogen) atoms. The summed E-state index contributed by atoms with van der Waals surface area (Å²) in [6, 6.07) is 14.3. The summed E-state index contributed by atoms with van der Waals surface area (Å²) in [5, 5.41) is 13.9. The second kappa shape index (κ2) is 10.1. The van der Waals surface area contributed by atoms with Crippen molar-refractivity contribution in [1.29, 1.82) is 0 Å². The molecule has 0 aliphatic carbocycles. The lowest BCUT2D eigenvalue weighted by Gasteiger charge is -2.08. The van der Waals surface area contributed by atoms with Crippen LogP contribution in [-0.4, -0.2) is 24.2 Å². The standard InChI is InChI=1S/C19H14N2O5S.C2H6/c1-26-14-5-2-12(3-6-14)19(23)20-16-10-13(4-8-17(16)21(24)25)18-9-7-15(11-22)27-18;1-2/h2-11H,1H3,(H,20,23);1-2H3. The lowest BCUT2D eigenvalue weighted by Crippen LogP contribution is -2.13. The van der Waals surface area contributed by atoms with Gasteiger partial charge in [0.15, 0.2) is 6.29 Å². The third-order valence-electron chi connectivity index (χ3n) is 3.82. The third kappa shape index (κ3) is 5.26. The SMILES string of the molecule is CC.COc1ccc(C(=O)Nc2cc(-c3ccc(C=O)s3)ccc2[N+](=O)[O-])cc1. The Hall–Kier alpha value is -3.52. The molecular formula is C21H20N2O5S. The predicted molar refractivity (Wildman–Crippen MR) is 114 cm³/mol. The molecule has 0 saturated carbocycles. The van der Waals surface area contributed by atoms with Gasteiger partial charge in [0.25, 0.3) is 11.6 Å². The molecule has 0 radical (unpaired) electrons. The summed E-state index contributed by atoms with van der Waals surface area (Å²) >= 11 is 1.26. The van der Waals surface area contributed by atoms with Crippen molar-refractivity contribution in [1.82, 2.24) is 0 Å². The van der Waals surface area contributed by atoms with E-state index in [2.05, 4.69) is 5.32 Å². The van der Waals surface area contributed by atoms with Crippen molar-refractivity contribution in [2.75, 3.05) is 12.4 Å². The number of anilines is 1. The lowest BCUT2D eigenvalue weighted by atomic mass is 10.1. The van der Waals surface area contributed by atoms with Crippen molar-refractivity contribution in [2.24, 2.45) is 0 Å². The monoisotopic (exact) mass is 412 g/mol. The lowest BCUT2D eigenvalue weighted by molar-refractivity contribution is -0.383. The molecule has 0 saturated heterocycles. The quantitative estimate of drug-likeness (QED) is 0.331. The number of amides is 1. The number of aldehydes is 1. The van der Waals surface area contributed by atoms with Gasteiger partial charge in [-0.05, 0) is 54.1 Å². The first kappa shape index (κ1) is 21.8. The number of hydrogen-bond donors (Lipinski definition) is 1. The van der Waals surface area contributed by atoms with E-state index >= 15 is 0 Å². The molecule has 3 aromatic rings. The molecule has 0 unspecified atom stereocenters. The van der Waals surface area contributed by atoms with Crippen molar-refractivity contribution in [3.63, 3.8) is 0 Å². The van der Waals surface area contributed by atoms with Crippen molar-refractivity contribution < 1.29 is 19.2 Å². The maximum absolute atomic E-state index is 12.5. The molecule has 0 atom stereocenters. The van der Waals surface area contributed by atoms with Crippen molar-refractivity contribution in [3.8, 4) is 16.2 Å². The van der Waals surface area contributed by atoms with Crippen LogP contribution >= 0.6 is 11.3 Å². The van der Waals surface area contributed by atoms with Crippen LogP contribution < -0.4 is 10.1 Å². The normalized spacial score (nSPS) is 9.76. The van der Waals surface area contributed by atoms with E-state index in [9.17, 15) is 19.7 Å². The number of carbonyl (C=O) groups excluding carboxylic acids is 2. The zero-order valence-electron chi connectivity index (χ0n) is 16.2. The summed E-state index contributed by atoms with van der Waals surface area (Å²) in [4.78, 5) is 35.4. The van der Waals surface area contributed by atoms with Gasteiger partial charge in [0, 0.05) is 16.5 Å². The highest BCUT2D eigenvalue weighted by Crippen LogP contribution is 2.34. The van der Waals surface area contributed by atoms with Crippen LogP contribution in [0.15, 0.2) is 54.6 Å². The van der Waals surface area contributed by atoms with Gasteiger partial charge in [0.1, 0.15) is 11.4 Å².